The van der Waals surface area contributed by atoms with Crippen LogP contribution in [0, 0.1) is 0 Å². The fraction of sp³-hybridized carbons (Fsp3) is 0.0189. The van der Waals surface area contributed by atoms with E-state index in [1.807, 2.05) is 0 Å². The Balaban J connectivity index is 1.04. The van der Waals surface area contributed by atoms with E-state index in [4.69, 9.17) is 0 Å². The van der Waals surface area contributed by atoms with Crippen LogP contribution in [0.4, 0.5) is 0 Å². The third-order valence-electron chi connectivity index (χ3n) is 11.9. The second kappa shape index (κ2) is 11.7. The minimum Gasteiger partial charge on any atom is -0.309 e. The lowest BCUT2D eigenvalue weighted by Gasteiger charge is -2.14. The van der Waals surface area contributed by atoms with Crippen LogP contribution in [0.1, 0.15) is 11.1 Å². The monoisotopic (exact) mass is 698 g/mol. The molecule has 1 aliphatic rings. The number of para-hydroxylation sites is 2. The Morgan fingerprint density at radius 1 is 0.327 bits per heavy atom. The van der Waals surface area contributed by atoms with Crippen molar-refractivity contribution in [2.75, 3.05) is 0 Å². The second-order valence-corrected chi connectivity index (χ2v) is 14.9. The van der Waals surface area contributed by atoms with E-state index in [-0.39, 0.29) is 0 Å². The normalized spacial score (nSPS) is 12.3. The topological polar surface area (TPSA) is 9.86 Å². The van der Waals surface area contributed by atoms with Crippen molar-refractivity contribution in [1.29, 1.82) is 0 Å². The number of hydrogen-bond donors (Lipinski definition) is 0. The molecule has 2 aromatic heterocycles. The lowest BCUT2D eigenvalue weighted by molar-refractivity contribution is 1.12. The molecule has 11 aromatic rings. The SMILES string of the molecule is c1ccc(-c2cc(-n3c4ccccc4c4cc(-c5ccc6c(c5)c5ccccc5n6-c5cccc6c5Cc5ccccc5-6)ccc43)cc3ccccc23)cc1. The van der Waals surface area contributed by atoms with Gasteiger partial charge in [0.15, 0.2) is 0 Å². The second-order valence-electron chi connectivity index (χ2n) is 14.9. The van der Waals surface area contributed by atoms with Crippen LogP contribution in [0.5, 0.6) is 0 Å². The Bertz CT molecular complexity index is 3340. The number of aromatic nitrogens is 2. The zero-order valence-corrected chi connectivity index (χ0v) is 30.1. The van der Waals surface area contributed by atoms with Crippen LogP contribution in [-0.2, 0) is 6.42 Å². The van der Waals surface area contributed by atoms with E-state index in [2.05, 4.69) is 203 Å². The van der Waals surface area contributed by atoms with Crippen molar-refractivity contribution < 1.29 is 0 Å². The predicted molar refractivity (Wildman–Crippen MR) is 232 cm³/mol. The van der Waals surface area contributed by atoms with Crippen molar-refractivity contribution in [3.63, 3.8) is 0 Å². The maximum absolute atomic E-state index is 2.49. The first kappa shape index (κ1) is 30.3. The molecule has 9 aromatic carbocycles. The third kappa shape index (κ3) is 4.49. The quantitative estimate of drug-likeness (QED) is 0.173. The van der Waals surface area contributed by atoms with Crippen LogP contribution in [0.25, 0.3) is 99.1 Å². The molecule has 0 unspecified atom stereocenters. The molecule has 0 bridgehead atoms. The first-order valence-electron chi connectivity index (χ1n) is 19.1. The molecule has 2 heteroatoms. The Morgan fingerprint density at radius 2 is 0.909 bits per heavy atom. The van der Waals surface area contributed by atoms with Gasteiger partial charge in [-0.2, -0.15) is 0 Å². The molecule has 12 rings (SSSR count). The molecule has 2 nitrogen and oxygen atoms in total. The minimum absolute atomic E-state index is 0.953. The van der Waals surface area contributed by atoms with Gasteiger partial charge in [0.1, 0.15) is 0 Å². The van der Waals surface area contributed by atoms with Gasteiger partial charge in [0.2, 0.25) is 0 Å². The fourth-order valence-electron chi connectivity index (χ4n) is 9.47. The molecule has 0 N–H and O–H groups in total. The Labute approximate surface area is 318 Å². The summed E-state index contributed by atoms with van der Waals surface area (Å²) in [6.45, 7) is 0. The van der Waals surface area contributed by atoms with Gasteiger partial charge in [-0.25, -0.2) is 0 Å². The number of fused-ring (bicyclic) bond motifs is 10. The van der Waals surface area contributed by atoms with Gasteiger partial charge in [-0.15, -0.1) is 0 Å². The maximum Gasteiger partial charge on any atom is 0.0541 e. The summed E-state index contributed by atoms with van der Waals surface area (Å²) in [6.07, 6.45) is 0.953. The van der Waals surface area contributed by atoms with E-state index < -0.39 is 0 Å². The van der Waals surface area contributed by atoms with E-state index in [0.717, 1.165) is 6.42 Å². The maximum atomic E-state index is 2.49. The van der Waals surface area contributed by atoms with Crippen molar-refractivity contribution in [3.05, 3.63) is 205 Å². The predicted octanol–water partition coefficient (Wildman–Crippen LogP) is 13.9. The summed E-state index contributed by atoms with van der Waals surface area (Å²) in [7, 11) is 0. The van der Waals surface area contributed by atoms with Crippen molar-refractivity contribution >= 4 is 54.4 Å². The molecule has 256 valence electrons. The molecule has 55 heavy (non-hydrogen) atoms. The summed E-state index contributed by atoms with van der Waals surface area (Å²) in [5.41, 5.74) is 17.7. The smallest absolute Gasteiger partial charge is 0.0541 e. The zero-order chi connectivity index (χ0) is 36.0. The van der Waals surface area contributed by atoms with Gasteiger partial charge in [-0.05, 0) is 110 Å². The van der Waals surface area contributed by atoms with Crippen LogP contribution in [0.3, 0.4) is 0 Å². The molecule has 0 spiro atoms. The van der Waals surface area contributed by atoms with Gasteiger partial charge in [0, 0.05) is 33.7 Å². The first-order valence-corrected chi connectivity index (χ1v) is 19.1. The van der Waals surface area contributed by atoms with Crippen molar-refractivity contribution in [1.82, 2.24) is 9.13 Å². The first-order chi connectivity index (χ1) is 27.3. The highest BCUT2D eigenvalue weighted by molar-refractivity contribution is 6.13. The van der Waals surface area contributed by atoms with Gasteiger partial charge in [0.05, 0.1) is 27.8 Å². The summed E-state index contributed by atoms with van der Waals surface area (Å²) in [6, 6.07) is 71.7. The van der Waals surface area contributed by atoms with E-state index in [9.17, 15) is 0 Å². The molecule has 2 heterocycles. The molecule has 0 amide bonds. The van der Waals surface area contributed by atoms with E-state index in [1.165, 1.54) is 110 Å². The largest absolute Gasteiger partial charge is 0.309 e. The van der Waals surface area contributed by atoms with Crippen LogP contribution in [0.2, 0.25) is 0 Å². The molecule has 0 aliphatic heterocycles. The number of benzene rings is 9. The molecule has 0 saturated heterocycles. The Hall–Kier alpha value is -7.16. The van der Waals surface area contributed by atoms with E-state index in [0.29, 0.717) is 0 Å². The van der Waals surface area contributed by atoms with Crippen LogP contribution in [-0.4, -0.2) is 9.13 Å². The molecular formula is C53H34N2. The molecule has 0 atom stereocenters. The van der Waals surface area contributed by atoms with Crippen LogP contribution in [0.15, 0.2) is 194 Å². The number of nitrogens with zero attached hydrogens (tertiary/aromatic N) is 2. The molecule has 0 fully saturated rings. The summed E-state index contributed by atoms with van der Waals surface area (Å²) in [5.74, 6) is 0. The highest BCUT2D eigenvalue weighted by Crippen LogP contribution is 2.43. The standard InChI is InChI=1S/C53H34N2/c1-2-13-34(14-3-1)45-33-39(29-37-15-4-7-18-41(37)45)54-49-22-10-8-19-43(49)47-30-35(25-27-52(47)54)36-26-28-53-48(31-36)44-20-9-11-23-50(44)55(53)51-24-12-21-42-40-17-6-5-16-38(40)32-46(42)51/h1-31,33H,32H2. The molecule has 0 saturated carbocycles. The Kier molecular flexibility index (Phi) is 6.43. The minimum atomic E-state index is 0.953. The van der Waals surface area contributed by atoms with Gasteiger partial charge < -0.3 is 9.13 Å². The molecular weight excluding hydrogens is 665 g/mol. The van der Waals surface area contributed by atoms with Crippen LogP contribution < -0.4 is 0 Å². The van der Waals surface area contributed by atoms with Crippen molar-refractivity contribution in [2.24, 2.45) is 0 Å². The molecule has 0 radical (unpaired) electrons. The summed E-state index contributed by atoms with van der Waals surface area (Å²) >= 11 is 0. The average Bonchev–Trinajstić information content (AvgIpc) is 3.91. The van der Waals surface area contributed by atoms with Gasteiger partial charge in [-0.1, -0.05) is 140 Å². The third-order valence-corrected chi connectivity index (χ3v) is 11.9. The van der Waals surface area contributed by atoms with Gasteiger partial charge in [-0.3, -0.25) is 0 Å². The lowest BCUT2D eigenvalue weighted by atomic mass is 9.97. The van der Waals surface area contributed by atoms with Crippen LogP contribution >= 0.6 is 0 Å². The average molecular weight is 699 g/mol. The van der Waals surface area contributed by atoms with E-state index in [1.54, 1.807) is 0 Å². The van der Waals surface area contributed by atoms with Gasteiger partial charge >= 0.3 is 0 Å². The van der Waals surface area contributed by atoms with Gasteiger partial charge in [0.25, 0.3) is 0 Å². The van der Waals surface area contributed by atoms with E-state index >= 15 is 0 Å². The summed E-state index contributed by atoms with van der Waals surface area (Å²) in [5, 5.41) is 7.55. The Morgan fingerprint density at radius 3 is 1.67 bits per heavy atom. The number of hydrogen-bond acceptors (Lipinski definition) is 0. The summed E-state index contributed by atoms with van der Waals surface area (Å²) in [4.78, 5) is 0. The highest BCUT2D eigenvalue weighted by Gasteiger charge is 2.24. The summed E-state index contributed by atoms with van der Waals surface area (Å²) < 4.78 is 4.93. The van der Waals surface area contributed by atoms with Crippen molar-refractivity contribution in [2.45, 2.75) is 6.42 Å². The lowest BCUT2D eigenvalue weighted by Crippen LogP contribution is -1.99. The van der Waals surface area contributed by atoms with Crippen molar-refractivity contribution in [3.8, 4) is 44.8 Å². The zero-order valence-electron chi connectivity index (χ0n) is 30.1. The molecule has 1 aliphatic carbocycles. The highest BCUT2D eigenvalue weighted by atomic mass is 15.0. The fourth-order valence-corrected chi connectivity index (χ4v) is 9.47. The number of rotatable bonds is 4.